The van der Waals surface area contributed by atoms with Gasteiger partial charge in [-0.05, 0) is 31.4 Å². The lowest BCUT2D eigenvalue weighted by Gasteiger charge is -2.31. The first-order valence-electron chi connectivity index (χ1n) is 6.41. The number of nitrogens with zero attached hydrogens (tertiary/aromatic N) is 2. The zero-order valence-corrected chi connectivity index (χ0v) is 11.1. The van der Waals surface area contributed by atoms with Crippen molar-refractivity contribution in [2.75, 3.05) is 17.2 Å². The highest BCUT2D eigenvalue weighted by molar-refractivity contribution is 6.29. The van der Waals surface area contributed by atoms with Gasteiger partial charge in [-0.15, -0.1) is 0 Å². The summed E-state index contributed by atoms with van der Waals surface area (Å²) in [6.45, 7) is 3.26. The van der Waals surface area contributed by atoms with Gasteiger partial charge in [-0.2, -0.15) is 0 Å². The molecule has 2 N–H and O–H groups in total. The lowest BCUT2D eigenvalue weighted by atomic mass is 10.1. The zero-order chi connectivity index (χ0) is 12.3. The van der Waals surface area contributed by atoms with Crippen molar-refractivity contribution in [3.05, 3.63) is 17.3 Å². The molecule has 1 atom stereocenters. The fourth-order valence-corrected chi connectivity index (χ4v) is 2.69. The second-order valence-corrected chi connectivity index (χ2v) is 5.04. The van der Waals surface area contributed by atoms with Gasteiger partial charge in [0, 0.05) is 12.6 Å². The SMILES string of the molecule is CCC1CCCCCN1c1nc(Cl)ccc1N. The number of hydrogen-bond donors (Lipinski definition) is 1. The molecule has 94 valence electrons. The van der Waals surface area contributed by atoms with Gasteiger partial charge in [0.05, 0.1) is 5.69 Å². The van der Waals surface area contributed by atoms with E-state index in [0.29, 0.717) is 11.2 Å². The Morgan fingerprint density at radius 1 is 1.41 bits per heavy atom. The number of nitrogens with two attached hydrogens (primary N) is 1. The number of aromatic nitrogens is 1. The van der Waals surface area contributed by atoms with Gasteiger partial charge in [-0.3, -0.25) is 0 Å². The minimum Gasteiger partial charge on any atom is -0.396 e. The van der Waals surface area contributed by atoms with Crippen LogP contribution in [0.1, 0.15) is 39.0 Å². The monoisotopic (exact) mass is 253 g/mol. The summed E-state index contributed by atoms with van der Waals surface area (Å²) >= 11 is 5.97. The van der Waals surface area contributed by atoms with Crippen LogP contribution in [0.15, 0.2) is 12.1 Å². The first kappa shape index (κ1) is 12.5. The van der Waals surface area contributed by atoms with Crippen LogP contribution in [-0.4, -0.2) is 17.6 Å². The molecule has 0 spiro atoms. The molecule has 3 nitrogen and oxygen atoms in total. The summed E-state index contributed by atoms with van der Waals surface area (Å²) in [4.78, 5) is 6.74. The predicted octanol–water partition coefficient (Wildman–Crippen LogP) is 3.48. The van der Waals surface area contributed by atoms with Crippen molar-refractivity contribution < 1.29 is 0 Å². The summed E-state index contributed by atoms with van der Waals surface area (Å²) < 4.78 is 0. The lowest BCUT2D eigenvalue weighted by Crippen LogP contribution is -2.35. The fraction of sp³-hybridized carbons (Fsp3) is 0.615. The molecule has 1 aliphatic heterocycles. The van der Waals surface area contributed by atoms with E-state index in [9.17, 15) is 0 Å². The van der Waals surface area contributed by atoms with Crippen LogP contribution >= 0.6 is 11.6 Å². The molecule has 1 aromatic heterocycles. The Bertz CT molecular complexity index is 381. The molecular formula is C13H20ClN3. The average Bonchev–Trinajstić information content (AvgIpc) is 2.57. The van der Waals surface area contributed by atoms with Crippen molar-refractivity contribution in [2.24, 2.45) is 0 Å². The molecule has 0 radical (unpaired) electrons. The van der Waals surface area contributed by atoms with Crippen LogP contribution in [-0.2, 0) is 0 Å². The topological polar surface area (TPSA) is 42.2 Å². The first-order chi connectivity index (χ1) is 8.22. The van der Waals surface area contributed by atoms with Gasteiger partial charge in [0.25, 0.3) is 0 Å². The quantitative estimate of drug-likeness (QED) is 0.821. The van der Waals surface area contributed by atoms with Gasteiger partial charge in [-0.25, -0.2) is 4.98 Å². The molecule has 2 rings (SSSR count). The highest BCUT2D eigenvalue weighted by Gasteiger charge is 2.22. The van der Waals surface area contributed by atoms with E-state index in [1.165, 1.54) is 25.7 Å². The normalized spacial score (nSPS) is 21.3. The molecule has 0 saturated carbocycles. The van der Waals surface area contributed by atoms with Gasteiger partial charge in [0.1, 0.15) is 5.15 Å². The maximum atomic E-state index is 6.03. The Balaban J connectivity index is 2.31. The second kappa shape index (κ2) is 5.58. The van der Waals surface area contributed by atoms with Gasteiger partial charge in [0.2, 0.25) is 0 Å². The van der Waals surface area contributed by atoms with E-state index >= 15 is 0 Å². The Kier molecular flexibility index (Phi) is 4.11. The fourth-order valence-electron chi connectivity index (χ4n) is 2.55. The molecule has 0 bridgehead atoms. The van der Waals surface area contributed by atoms with Gasteiger partial charge >= 0.3 is 0 Å². The minimum atomic E-state index is 0.522. The third-order valence-corrected chi connectivity index (χ3v) is 3.70. The summed E-state index contributed by atoms with van der Waals surface area (Å²) in [7, 11) is 0. The predicted molar refractivity (Wildman–Crippen MR) is 73.6 cm³/mol. The average molecular weight is 254 g/mol. The Morgan fingerprint density at radius 3 is 3.00 bits per heavy atom. The van der Waals surface area contributed by atoms with Crippen LogP contribution in [0, 0.1) is 0 Å². The number of nitrogen functional groups attached to an aromatic ring is 1. The van der Waals surface area contributed by atoms with Crippen LogP contribution in [0.4, 0.5) is 11.5 Å². The Morgan fingerprint density at radius 2 is 2.24 bits per heavy atom. The zero-order valence-electron chi connectivity index (χ0n) is 10.3. The Labute approximate surface area is 108 Å². The second-order valence-electron chi connectivity index (χ2n) is 4.65. The summed E-state index contributed by atoms with van der Waals surface area (Å²) in [5, 5.41) is 0.522. The third kappa shape index (κ3) is 2.83. The summed E-state index contributed by atoms with van der Waals surface area (Å²) in [6, 6.07) is 4.15. The molecule has 1 unspecified atom stereocenters. The molecule has 17 heavy (non-hydrogen) atoms. The largest absolute Gasteiger partial charge is 0.396 e. The van der Waals surface area contributed by atoms with Crippen molar-refractivity contribution in [3.63, 3.8) is 0 Å². The highest BCUT2D eigenvalue weighted by Crippen LogP contribution is 2.29. The van der Waals surface area contributed by atoms with Crippen LogP contribution in [0.5, 0.6) is 0 Å². The molecule has 4 heteroatoms. The van der Waals surface area contributed by atoms with E-state index in [0.717, 1.165) is 24.5 Å². The van der Waals surface area contributed by atoms with Crippen molar-refractivity contribution >= 4 is 23.1 Å². The standard InChI is InChI=1S/C13H20ClN3/c1-2-10-6-4-3-5-9-17(10)13-11(15)7-8-12(14)16-13/h7-8,10H,2-6,9,15H2,1H3. The van der Waals surface area contributed by atoms with Crippen molar-refractivity contribution in [3.8, 4) is 0 Å². The van der Waals surface area contributed by atoms with Crippen molar-refractivity contribution in [1.82, 2.24) is 4.98 Å². The summed E-state index contributed by atoms with van der Waals surface area (Å²) in [5.41, 5.74) is 6.76. The number of pyridine rings is 1. The summed E-state index contributed by atoms with van der Waals surface area (Å²) in [5.74, 6) is 0.867. The van der Waals surface area contributed by atoms with E-state index in [4.69, 9.17) is 17.3 Å². The lowest BCUT2D eigenvalue weighted by molar-refractivity contribution is 0.553. The molecular weight excluding hydrogens is 234 g/mol. The minimum absolute atomic E-state index is 0.522. The highest BCUT2D eigenvalue weighted by atomic mass is 35.5. The van der Waals surface area contributed by atoms with Gasteiger partial charge in [-0.1, -0.05) is 31.4 Å². The number of halogens is 1. The summed E-state index contributed by atoms with van der Waals surface area (Å²) in [6.07, 6.45) is 6.17. The maximum Gasteiger partial charge on any atom is 0.153 e. The van der Waals surface area contributed by atoms with E-state index in [1.54, 1.807) is 6.07 Å². The van der Waals surface area contributed by atoms with E-state index in [-0.39, 0.29) is 0 Å². The number of anilines is 2. The molecule has 1 aromatic rings. The molecule has 0 aliphatic carbocycles. The number of rotatable bonds is 2. The van der Waals surface area contributed by atoms with Crippen molar-refractivity contribution in [2.45, 2.75) is 45.1 Å². The van der Waals surface area contributed by atoms with Gasteiger partial charge in [0.15, 0.2) is 5.82 Å². The molecule has 1 saturated heterocycles. The smallest absolute Gasteiger partial charge is 0.153 e. The van der Waals surface area contributed by atoms with Crippen LogP contribution in [0.3, 0.4) is 0 Å². The van der Waals surface area contributed by atoms with Crippen LogP contribution < -0.4 is 10.6 Å². The maximum absolute atomic E-state index is 6.03. The van der Waals surface area contributed by atoms with Crippen LogP contribution in [0.2, 0.25) is 5.15 Å². The first-order valence-corrected chi connectivity index (χ1v) is 6.79. The van der Waals surface area contributed by atoms with Crippen LogP contribution in [0.25, 0.3) is 0 Å². The van der Waals surface area contributed by atoms with Gasteiger partial charge < -0.3 is 10.6 Å². The molecule has 1 fully saturated rings. The molecule has 0 amide bonds. The molecule has 0 aromatic carbocycles. The third-order valence-electron chi connectivity index (χ3n) is 3.49. The Hall–Kier alpha value is -0.960. The molecule has 1 aliphatic rings. The van der Waals surface area contributed by atoms with Crippen molar-refractivity contribution in [1.29, 1.82) is 0 Å². The van der Waals surface area contributed by atoms with E-state index in [1.807, 2.05) is 6.07 Å². The van der Waals surface area contributed by atoms with E-state index < -0.39 is 0 Å². The van der Waals surface area contributed by atoms with E-state index in [2.05, 4.69) is 16.8 Å². The number of hydrogen-bond acceptors (Lipinski definition) is 3. The molecule has 2 heterocycles.